The number of benzene rings is 1. The molecule has 32 heavy (non-hydrogen) atoms. The molecule has 0 aliphatic heterocycles. The SMILES string of the molecule is Cc1nn(Cc2ccccc2)c(Cl)c1C(=O)OCc1nnc2n(C)c(=O)c3sccc3n12. The molecular formula is C21H17ClN6O3S. The number of hydrogen-bond donors (Lipinski definition) is 0. The van der Waals surface area contributed by atoms with Crippen molar-refractivity contribution in [3.63, 3.8) is 0 Å². The van der Waals surface area contributed by atoms with Crippen molar-refractivity contribution in [3.05, 3.63) is 79.9 Å². The zero-order valence-corrected chi connectivity index (χ0v) is 18.7. The highest BCUT2D eigenvalue weighted by molar-refractivity contribution is 7.17. The van der Waals surface area contributed by atoms with Crippen LogP contribution in [-0.4, -0.2) is 34.9 Å². The lowest BCUT2D eigenvalue weighted by molar-refractivity contribution is 0.0460. The molecule has 0 N–H and O–H groups in total. The van der Waals surface area contributed by atoms with Crippen LogP contribution in [0.1, 0.15) is 27.4 Å². The molecule has 0 atom stereocenters. The average Bonchev–Trinajstić information content (AvgIpc) is 3.49. The monoisotopic (exact) mass is 468 g/mol. The van der Waals surface area contributed by atoms with Crippen molar-refractivity contribution >= 4 is 44.9 Å². The van der Waals surface area contributed by atoms with Gasteiger partial charge in [-0.3, -0.25) is 13.8 Å². The van der Waals surface area contributed by atoms with Gasteiger partial charge in [0, 0.05) is 7.05 Å². The largest absolute Gasteiger partial charge is 0.454 e. The zero-order chi connectivity index (χ0) is 22.4. The maximum absolute atomic E-state index is 12.8. The fourth-order valence-electron chi connectivity index (χ4n) is 3.59. The van der Waals surface area contributed by atoms with Crippen molar-refractivity contribution in [2.75, 3.05) is 0 Å². The van der Waals surface area contributed by atoms with Gasteiger partial charge in [-0.2, -0.15) is 5.10 Å². The van der Waals surface area contributed by atoms with Gasteiger partial charge >= 0.3 is 5.97 Å². The number of aryl methyl sites for hydroxylation is 2. The molecule has 0 saturated heterocycles. The van der Waals surface area contributed by atoms with E-state index in [-0.39, 0.29) is 22.9 Å². The molecule has 4 heterocycles. The second-order valence-electron chi connectivity index (χ2n) is 7.22. The molecule has 5 aromatic rings. The molecule has 0 aliphatic carbocycles. The molecule has 0 spiro atoms. The molecule has 4 aromatic heterocycles. The Kier molecular flexibility index (Phi) is 5.03. The number of carbonyl (C=O) groups is 1. The summed E-state index contributed by atoms with van der Waals surface area (Å²) in [5.74, 6) is 0.171. The molecule has 0 radical (unpaired) electrons. The Labute approximate surface area is 190 Å². The van der Waals surface area contributed by atoms with Crippen molar-refractivity contribution in [2.45, 2.75) is 20.1 Å². The van der Waals surface area contributed by atoms with Crippen molar-refractivity contribution in [1.82, 2.24) is 28.9 Å². The predicted molar refractivity (Wildman–Crippen MR) is 120 cm³/mol. The number of aromatic nitrogens is 6. The topological polar surface area (TPSA) is 96.3 Å². The van der Waals surface area contributed by atoms with E-state index in [2.05, 4.69) is 15.3 Å². The van der Waals surface area contributed by atoms with Gasteiger partial charge in [-0.15, -0.1) is 21.5 Å². The maximum atomic E-state index is 12.8. The molecule has 0 saturated carbocycles. The van der Waals surface area contributed by atoms with Crippen LogP contribution in [0, 0.1) is 6.92 Å². The van der Waals surface area contributed by atoms with Gasteiger partial charge in [0.1, 0.15) is 15.4 Å². The van der Waals surface area contributed by atoms with Crippen LogP contribution in [0.5, 0.6) is 0 Å². The van der Waals surface area contributed by atoms with E-state index in [0.29, 0.717) is 34.1 Å². The van der Waals surface area contributed by atoms with E-state index in [1.54, 1.807) is 23.1 Å². The van der Waals surface area contributed by atoms with Crippen LogP contribution in [0.25, 0.3) is 16.0 Å². The highest BCUT2D eigenvalue weighted by Gasteiger charge is 2.23. The molecule has 0 bridgehead atoms. The third kappa shape index (κ3) is 3.28. The molecule has 0 aliphatic rings. The first-order chi connectivity index (χ1) is 15.5. The van der Waals surface area contributed by atoms with Crippen molar-refractivity contribution in [3.8, 4) is 0 Å². The second-order valence-corrected chi connectivity index (χ2v) is 8.50. The Morgan fingerprint density at radius 2 is 1.97 bits per heavy atom. The predicted octanol–water partition coefficient (Wildman–Crippen LogP) is 3.21. The van der Waals surface area contributed by atoms with Gasteiger partial charge in [0.05, 0.1) is 17.8 Å². The lowest BCUT2D eigenvalue weighted by Crippen LogP contribution is -2.19. The van der Waals surface area contributed by atoms with Crippen LogP contribution in [0.4, 0.5) is 0 Å². The van der Waals surface area contributed by atoms with E-state index in [0.717, 1.165) is 5.56 Å². The summed E-state index contributed by atoms with van der Waals surface area (Å²) in [6.07, 6.45) is 0. The molecule has 5 rings (SSSR count). The summed E-state index contributed by atoms with van der Waals surface area (Å²) in [6, 6.07) is 11.5. The lowest BCUT2D eigenvalue weighted by atomic mass is 10.2. The Morgan fingerprint density at radius 3 is 2.75 bits per heavy atom. The Balaban J connectivity index is 1.42. The van der Waals surface area contributed by atoms with Gasteiger partial charge in [0.25, 0.3) is 5.56 Å². The van der Waals surface area contributed by atoms with Gasteiger partial charge in [0.2, 0.25) is 5.78 Å². The number of fused-ring (bicyclic) bond motifs is 3. The van der Waals surface area contributed by atoms with E-state index in [4.69, 9.17) is 16.3 Å². The van der Waals surface area contributed by atoms with Gasteiger partial charge in [0.15, 0.2) is 12.4 Å². The molecule has 11 heteroatoms. The molecule has 0 unspecified atom stereocenters. The van der Waals surface area contributed by atoms with Crippen LogP contribution in [0.15, 0.2) is 46.6 Å². The minimum atomic E-state index is -0.602. The number of thiophene rings is 1. The molecular weight excluding hydrogens is 452 g/mol. The molecule has 9 nitrogen and oxygen atoms in total. The number of halogens is 1. The van der Waals surface area contributed by atoms with Crippen LogP contribution in [0.2, 0.25) is 5.15 Å². The zero-order valence-electron chi connectivity index (χ0n) is 17.1. The number of carbonyl (C=O) groups excluding carboxylic acids is 1. The molecule has 0 fully saturated rings. The van der Waals surface area contributed by atoms with E-state index in [1.165, 1.54) is 15.9 Å². The van der Waals surface area contributed by atoms with Crippen molar-refractivity contribution in [1.29, 1.82) is 0 Å². The molecule has 1 aromatic carbocycles. The normalized spacial score (nSPS) is 11.5. The number of nitrogens with zero attached hydrogens (tertiary/aromatic N) is 6. The number of ether oxygens (including phenoxy) is 1. The van der Waals surface area contributed by atoms with E-state index >= 15 is 0 Å². The smallest absolute Gasteiger partial charge is 0.343 e. The minimum absolute atomic E-state index is 0.136. The van der Waals surface area contributed by atoms with E-state index in [9.17, 15) is 9.59 Å². The summed E-state index contributed by atoms with van der Waals surface area (Å²) in [6.45, 7) is 2.01. The van der Waals surface area contributed by atoms with Crippen molar-refractivity contribution in [2.24, 2.45) is 7.05 Å². The van der Waals surface area contributed by atoms with Crippen LogP contribution in [-0.2, 0) is 24.9 Å². The Morgan fingerprint density at radius 1 is 1.19 bits per heavy atom. The maximum Gasteiger partial charge on any atom is 0.343 e. The summed E-state index contributed by atoms with van der Waals surface area (Å²) in [5.41, 5.74) is 2.23. The first-order valence-corrected chi connectivity index (χ1v) is 11.0. The summed E-state index contributed by atoms with van der Waals surface area (Å²) < 4.78 is 10.8. The number of hydrogen-bond acceptors (Lipinski definition) is 7. The second kappa shape index (κ2) is 7.88. The Bertz CT molecular complexity index is 1530. The molecule has 0 amide bonds. The fraction of sp³-hybridized carbons (Fsp3) is 0.190. The first kappa shape index (κ1) is 20.4. The van der Waals surface area contributed by atoms with Gasteiger partial charge in [-0.25, -0.2) is 9.48 Å². The third-order valence-corrected chi connectivity index (χ3v) is 6.45. The van der Waals surface area contributed by atoms with Crippen molar-refractivity contribution < 1.29 is 9.53 Å². The highest BCUT2D eigenvalue weighted by atomic mass is 35.5. The minimum Gasteiger partial charge on any atom is -0.454 e. The summed E-state index contributed by atoms with van der Waals surface area (Å²) in [4.78, 5) is 25.3. The Hall–Kier alpha value is -3.50. The van der Waals surface area contributed by atoms with Crippen LogP contribution in [0.3, 0.4) is 0 Å². The summed E-state index contributed by atoms with van der Waals surface area (Å²) >= 11 is 7.80. The quantitative estimate of drug-likeness (QED) is 0.367. The lowest BCUT2D eigenvalue weighted by Gasteiger charge is -2.06. The first-order valence-electron chi connectivity index (χ1n) is 9.70. The average molecular weight is 469 g/mol. The number of rotatable bonds is 5. The summed E-state index contributed by atoms with van der Waals surface area (Å²) in [5, 5.41) is 14.6. The van der Waals surface area contributed by atoms with Crippen LogP contribution >= 0.6 is 22.9 Å². The highest BCUT2D eigenvalue weighted by Crippen LogP contribution is 2.23. The summed E-state index contributed by atoms with van der Waals surface area (Å²) in [7, 11) is 1.63. The van der Waals surface area contributed by atoms with Gasteiger partial charge < -0.3 is 4.74 Å². The standard InChI is InChI=1S/C21H17ClN6O3S/c1-12-16(18(22)27(25-12)10-13-6-4-3-5-7-13)20(30)31-11-15-23-24-21-26(2)19(29)17-14(28(15)21)8-9-32-17/h3-9H,10-11H2,1-2H3. The molecule has 162 valence electrons. The van der Waals surface area contributed by atoms with Gasteiger partial charge in [-0.1, -0.05) is 41.9 Å². The van der Waals surface area contributed by atoms with Crippen LogP contribution < -0.4 is 5.56 Å². The fourth-order valence-corrected chi connectivity index (χ4v) is 4.76. The third-order valence-electron chi connectivity index (χ3n) is 5.17. The van der Waals surface area contributed by atoms with E-state index < -0.39 is 5.97 Å². The number of esters is 1. The van der Waals surface area contributed by atoms with E-state index in [1.807, 2.05) is 41.8 Å². The van der Waals surface area contributed by atoms with Gasteiger partial charge in [-0.05, 0) is 23.9 Å².